The van der Waals surface area contributed by atoms with Crippen LogP contribution in [-0.4, -0.2) is 5.71 Å². The predicted octanol–water partition coefficient (Wildman–Crippen LogP) is 3.81. The van der Waals surface area contributed by atoms with Crippen LogP contribution in [0.15, 0.2) is 16.8 Å². The van der Waals surface area contributed by atoms with Crippen LogP contribution in [0.5, 0.6) is 0 Å². The van der Waals surface area contributed by atoms with Gasteiger partial charge in [-0.15, -0.1) is 0 Å². The Balaban J connectivity index is 4.08. The molecule has 12 heavy (non-hydrogen) atoms. The van der Waals surface area contributed by atoms with Crippen molar-refractivity contribution in [1.82, 2.24) is 0 Å². The number of hydrogen-bond donors (Lipinski definition) is 0. The Labute approximate surface area is 76.6 Å². The van der Waals surface area contributed by atoms with Crippen LogP contribution in [0.2, 0.25) is 0 Å². The van der Waals surface area contributed by atoms with E-state index in [1.54, 1.807) is 0 Å². The molecule has 0 fully saturated rings. The molecular weight excluding hydrogens is 146 g/mol. The van der Waals surface area contributed by atoms with Gasteiger partial charge >= 0.3 is 0 Å². The summed E-state index contributed by atoms with van der Waals surface area (Å²) in [6.07, 6.45) is 4.29. The maximum absolute atomic E-state index is 4.39. The van der Waals surface area contributed by atoms with Crippen molar-refractivity contribution in [2.24, 2.45) is 10.9 Å². The van der Waals surface area contributed by atoms with Gasteiger partial charge in [-0.25, -0.2) is 0 Å². The van der Waals surface area contributed by atoms with E-state index in [9.17, 15) is 0 Å². The van der Waals surface area contributed by atoms with E-state index in [4.69, 9.17) is 0 Å². The van der Waals surface area contributed by atoms with Crippen molar-refractivity contribution in [3.63, 3.8) is 0 Å². The molecular formula is C11H21N. The van der Waals surface area contributed by atoms with Crippen LogP contribution in [0.25, 0.3) is 0 Å². The van der Waals surface area contributed by atoms with Crippen LogP contribution in [0.4, 0.5) is 0 Å². The molecule has 0 radical (unpaired) electrons. The van der Waals surface area contributed by atoms with Crippen molar-refractivity contribution < 1.29 is 0 Å². The molecule has 0 saturated carbocycles. The van der Waals surface area contributed by atoms with E-state index in [1.807, 2.05) is 6.20 Å². The molecule has 0 aromatic carbocycles. The Hall–Kier alpha value is -0.590. The average Bonchev–Trinajstić information content (AvgIpc) is 2.00. The summed E-state index contributed by atoms with van der Waals surface area (Å²) >= 11 is 0. The lowest BCUT2D eigenvalue weighted by atomic mass is 10.1. The van der Waals surface area contributed by atoms with Gasteiger partial charge in [0, 0.05) is 11.9 Å². The van der Waals surface area contributed by atoms with Crippen LogP contribution < -0.4 is 0 Å². The Morgan fingerprint density at radius 2 is 1.92 bits per heavy atom. The fourth-order valence-corrected chi connectivity index (χ4v) is 0.787. The quantitative estimate of drug-likeness (QED) is 0.565. The molecule has 0 rings (SSSR count). The molecule has 0 saturated heterocycles. The lowest BCUT2D eigenvalue weighted by Gasteiger charge is -2.02. The third kappa shape index (κ3) is 5.11. The summed E-state index contributed by atoms with van der Waals surface area (Å²) in [5.74, 6) is 0.614. The highest BCUT2D eigenvalue weighted by Gasteiger charge is 1.94. The number of aliphatic imine (C=N–C) groups is 1. The lowest BCUT2D eigenvalue weighted by Crippen LogP contribution is -1.91. The smallest absolute Gasteiger partial charge is 0.0258 e. The minimum absolute atomic E-state index is 0.614. The highest BCUT2D eigenvalue weighted by atomic mass is 14.7. The van der Waals surface area contributed by atoms with Gasteiger partial charge in [0.05, 0.1) is 0 Å². The zero-order valence-electron chi connectivity index (χ0n) is 9.02. The van der Waals surface area contributed by atoms with Gasteiger partial charge < -0.3 is 0 Å². The van der Waals surface area contributed by atoms with E-state index in [1.165, 1.54) is 17.7 Å². The van der Waals surface area contributed by atoms with Crippen LogP contribution in [0.1, 0.15) is 47.5 Å². The first-order valence-corrected chi connectivity index (χ1v) is 4.77. The molecule has 0 aliphatic carbocycles. The predicted molar refractivity (Wildman–Crippen MR) is 56.6 cm³/mol. The second kappa shape index (κ2) is 5.99. The van der Waals surface area contributed by atoms with E-state index in [-0.39, 0.29) is 0 Å². The van der Waals surface area contributed by atoms with E-state index < -0.39 is 0 Å². The Morgan fingerprint density at radius 3 is 2.33 bits per heavy atom. The summed E-state index contributed by atoms with van der Waals surface area (Å²) in [7, 11) is 0. The third-order valence-corrected chi connectivity index (χ3v) is 2.01. The van der Waals surface area contributed by atoms with Crippen LogP contribution in [-0.2, 0) is 0 Å². The molecule has 0 spiro atoms. The van der Waals surface area contributed by atoms with Crippen molar-refractivity contribution in [3.8, 4) is 0 Å². The molecule has 0 aliphatic rings. The van der Waals surface area contributed by atoms with Gasteiger partial charge in [0.1, 0.15) is 0 Å². The number of rotatable bonds is 4. The standard InChI is InChI=1S/C11H21N/c1-6-7-11(5)12-8-10(4)9(2)3/h8-9H,6-7H2,1-5H3/b10-8+,12-11?. The zero-order chi connectivity index (χ0) is 9.56. The summed E-state index contributed by atoms with van der Waals surface area (Å²) in [4.78, 5) is 4.39. The fraction of sp³-hybridized carbons (Fsp3) is 0.727. The van der Waals surface area contributed by atoms with Crippen molar-refractivity contribution >= 4 is 5.71 Å². The summed E-state index contributed by atoms with van der Waals surface area (Å²) in [6, 6.07) is 0. The summed E-state index contributed by atoms with van der Waals surface area (Å²) in [5, 5.41) is 0. The maximum atomic E-state index is 4.39. The molecule has 0 aromatic heterocycles. The Morgan fingerprint density at radius 1 is 1.33 bits per heavy atom. The average molecular weight is 167 g/mol. The van der Waals surface area contributed by atoms with Gasteiger partial charge in [0.25, 0.3) is 0 Å². The SMILES string of the molecule is CCCC(C)=N/C=C(\C)C(C)C. The van der Waals surface area contributed by atoms with Crippen molar-refractivity contribution in [1.29, 1.82) is 0 Å². The minimum Gasteiger partial charge on any atom is -0.266 e. The molecule has 0 heterocycles. The molecule has 1 nitrogen and oxygen atoms in total. The minimum atomic E-state index is 0.614. The molecule has 1 heteroatoms. The van der Waals surface area contributed by atoms with Crippen molar-refractivity contribution in [2.45, 2.75) is 47.5 Å². The van der Waals surface area contributed by atoms with E-state index in [0.717, 1.165) is 6.42 Å². The van der Waals surface area contributed by atoms with Gasteiger partial charge in [0.2, 0.25) is 0 Å². The summed E-state index contributed by atoms with van der Waals surface area (Å²) in [6.45, 7) is 10.8. The largest absolute Gasteiger partial charge is 0.266 e. The van der Waals surface area contributed by atoms with Gasteiger partial charge in [-0.2, -0.15) is 0 Å². The second-order valence-electron chi connectivity index (χ2n) is 3.64. The Bertz CT molecular complexity index is 175. The molecule has 0 bridgehead atoms. The van der Waals surface area contributed by atoms with E-state index in [0.29, 0.717) is 5.92 Å². The zero-order valence-corrected chi connectivity index (χ0v) is 9.02. The first kappa shape index (κ1) is 11.4. The number of nitrogens with zero attached hydrogens (tertiary/aromatic N) is 1. The highest BCUT2D eigenvalue weighted by Crippen LogP contribution is 2.07. The van der Waals surface area contributed by atoms with Crippen molar-refractivity contribution in [3.05, 3.63) is 11.8 Å². The topological polar surface area (TPSA) is 12.4 Å². The lowest BCUT2D eigenvalue weighted by molar-refractivity contribution is 0.766. The summed E-state index contributed by atoms with van der Waals surface area (Å²) in [5.41, 5.74) is 2.59. The van der Waals surface area contributed by atoms with Gasteiger partial charge in [-0.3, -0.25) is 4.99 Å². The molecule has 0 aliphatic heterocycles. The van der Waals surface area contributed by atoms with E-state index in [2.05, 4.69) is 39.6 Å². The molecule has 0 amide bonds. The Kier molecular flexibility index (Phi) is 5.69. The van der Waals surface area contributed by atoms with Gasteiger partial charge in [0.15, 0.2) is 0 Å². The molecule has 0 atom stereocenters. The van der Waals surface area contributed by atoms with Crippen LogP contribution in [0, 0.1) is 5.92 Å². The monoisotopic (exact) mass is 167 g/mol. The van der Waals surface area contributed by atoms with Crippen molar-refractivity contribution in [2.75, 3.05) is 0 Å². The van der Waals surface area contributed by atoms with Crippen LogP contribution >= 0.6 is 0 Å². The fourth-order valence-electron chi connectivity index (χ4n) is 0.787. The molecule has 0 unspecified atom stereocenters. The molecule has 0 N–H and O–H groups in total. The normalized spacial score (nSPS) is 14.2. The maximum Gasteiger partial charge on any atom is 0.0258 e. The molecule has 0 aromatic rings. The van der Waals surface area contributed by atoms with Gasteiger partial charge in [-0.05, 0) is 26.2 Å². The first-order chi connectivity index (χ1) is 5.57. The van der Waals surface area contributed by atoms with E-state index >= 15 is 0 Å². The highest BCUT2D eigenvalue weighted by molar-refractivity contribution is 5.82. The number of allylic oxidation sites excluding steroid dienone is 1. The first-order valence-electron chi connectivity index (χ1n) is 4.77. The summed E-state index contributed by atoms with van der Waals surface area (Å²) < 4.78 is 0. The van der Waals surface area contributed by atoms with Gasteiger partial charge in [-0.1, -0.05) is 32.8 Å². The third-order valence-electron chi connectivity index (χ3n) is 2.01. The van der Waals surface area contributed by atoms with Crippen LogP contribution in [0.3, 0.4) is 0 Å². The number of hydrogen-bond acceptors (Lipinski definition) is 1. The molecule has 70 valence electrons. The second-order valence-corrected chi connectivity index (χ2v) is 3.64.